The number of esters is 1. The lowest BCUT2D eigenvalue weighted by atomic mass is 10.3. The third-order valence-electron chi connectivity index (χ3n) is 2.16. The zero-order valence-corrected chi connectivity index (χ0v) is 11.6. The average molecular weight is 324 g/mol. The molecule has 19 heavy (non-hydrogen) atoms. The molecule has 2 rings (SSSR count). The number of carbonyl (C=O) groups is 2. The summed E-state index contributed by atoms with van der Waals surface area (Å²) < 4.78 is 10.6. The minimum Gasteiger partial charge on any atom is -0.442 e. The summed E-state index contributed by atoms with van der Waals surface area (Å²) in [6.07, 6.45) is 0. The van der Waals surface area contributed by atoms with Crippen LogP contribution in [-0.2, 0) is 4.79 Å². The van der Waals surface area contributed by atoms with Crippen molar-refractivity contribution in [1.82, 2.24) is 0 Å². The molecule has 1 amide bonds. The quantitative estimate of drug-likeness (QED) is 0.695. The average Bonchev–Trinajstić information content (AvgIpc) is 2.78. The SMILES string of the molecule is CC(=O)Nc1ccc(OC(=O)c2ccc(Br)o2)cc1. The van der Waals surface area contributed by atoms with Gasteiger partial charge in [-0.3, -0.25) is 4.79 Å². The first kappa shape index (κ1) is 13.4. The molecule has 0 atom stereocenters. The van der Waals surface area contributed by atoms with Crippen LogP contribution in [-0.4, -0.2) is 11.9 Å². The van der Waals surface area contributed by atoms with Gasteiger partial charge in [0, 0.05) is 12.6 Å². The van der Waals surface area contributed by atoms with Crippen LogP contribution in [0.3, 0.4) is 0 Å². The molecule has 1 N–H and O–H groups in total. The summed E-state index contributed by atoms with van der Waals surface area (Å²) in [6, 6.07) is 9.57. The Morgan fingerprint density at radius 1 is 1.16 bits per heavy atom. The molecule has 5 nitrogen and oxygen atoms in total. The predicted octanol–water partition coefficient (Wildman–Crippen LogP) is 3.22. The molecular formula is C13H10BrNO4. The number of amides is 1. The maximum Gasteiger partial charge on any atom is 0.379 e. The number of anilines is 1. The van der Waals surface area contributed by atoms with Gasteiger partial charge in [-0.15, -0.1) is 0 Å². The van der Waals surface area contributed by atoms with Gasteiger partial charge >= 0.3 is 5.97 Å². The summed E-state index contributed by atoms with van der Waals surface area (Å²) in [7, 11) is 0. The summed E-state index contributed by atoms with van der Waals surface area (Å²) in [5.74, 6) is -0.271. The van der Waals surface area contributed by atoms with Crippen LogP contribution in [0.2, 0.25) is 0 Å². The Balaban J connectivity index is 2.03. The van der Waals surface area contributed by atoms with Crippen LogP contribution < -0.4 is 10.1 Å². The number of ether oxygens (including phenoxy) is 1. The topological polar surface area (TPSA) is 68.5 Å². The van der Waals surface area contributed by atoms with Crippen molar-refractivity contribution in [3.63, 3.8) is 0 Å². The summed E-state index contributed by atoms with van der Waals surface area (Å²) in [4.78, 5) is 22.5. The molecule has 1 aromatic carbocycles. The highest BCUT2D eigenvalue weighted by atomic mass is 79.9. The molecule has 0 saturated heterocycles. The fourth-order valence-corrected chi connectivity index (χ4v) is 1.70. The highest BCUT2D eigenvalue weighted by molar-refractivity contribution is 9.10. The van der Waals surface area contributed by atoms with Crippen molar-refractivity contribution < 1.29 is 18.7 Å². The second-order valence-corrected chi connectivity index (χ2v) is 4.48. The van der Waals surface area contributed by atoms with E-state index in [-0.39, 0.29) is 11.7 Å². The lowest BCUT2D eigenvalue weighted by molar-refractivity contribution is -0.114. The Morgan fingerprint density at radius 3 is 2.37 bits per heavy atom. The van der Waals surface area contributed by atoms with Crippen molar-refractivity contribution in [3.05, 3.63) is 46.8 Å². The van der Waals surface area contributed by atoms with E-state index in [2.05, 4.69) is 21.2 Å². The first-order chi connectivity index (χ1) is 9.04. The monoisotopic (exact) mass is 323 g/mol. The van der Waals surface area contributed by atoms with Gasteiger partial charge in [-0.2, -0.15) is 0 Å². The molecule has 0 fully saturated rings. The van der Waals surface area contributed by atoms with Crippen LogP contribution in [0.15, 0.2) is 45.5 Å². The van der Waals surface area contributed by atoms with Crippen LogP contribution in [0.4, 0.5) is 5.69 Å². The van der Waals surface area contributed by atoms with Gasteiger partial charge in [-0.1, -0.05) is 0 Å². The Labute approximate surface area is 117 Å². The molecule has 1 aromatic heterocycles. The zero-order valence-electron chi connectivity index (χ0n) is 9.98. The number of benzene rings is 1. The number of furan rings is 1. The molecule has 0 spiro atoms. The summed E-state index contributed by atoms with van der Waals surface area (Å²) in [5, 5.41) is 2.62. The van der Waals surface area contributed by atoms with E-state index in [1.165, 1.54) is 13.0 Å². The van der Waals surface area contributed by atoms with Gasteiger partial charge in [-0.25, -0.2) is 4.79 Å². The van der Waals surface area contributed by atoms with Crippen molar-refractivity contribution in [3.8, 4) is 5.75 Å². The number of rotatable bonds is 3. The predicted molar refractivity (Wildman–Crippen MR) is 72.1 cm³/mol. The van der Waals surface area contributed by atoms with E-state index in [4.69, 9.17) is 9.15 Å². The molecule has 0 bridgehead atoms. The third kappa shape index (κ3) is 3.69. The van der Waals surface area contributed by atoms with Crippen molar-refractivity contribution in [1.29, 1.82) is 0 Å². The minimum atomic E-state index is -0.585. The summed E-state index contributed by atoms with van der Waals surface area (Å²) >= 11 is 3.10. The largest absolute Gasteiger partial charge is 0.442 e. The van der Waals surface area contributed by atoms with Gasteiger partial charge in [0.2, 0.25) is 11.7 Å². The summed E-state index contributed by atoms with van der Waals surface area (Å²) in [6.45, 7) is 1.42. The van der Waals surface area contributed by atoms with Gasteiger partial charge in [0.15, 0.2) is 4.67 Å². The number of nitrogens with one attached hydrogen (secondary N) is 1. The first-order valence-electron chi connectivity index (χ1n) is 5.40. The molecular weight excluding hydrogens is 314 g/mol. The Bertz CT molecular complexity index is 603. The molecule has 0 aliphatic heterocycles. The van der Waals surface area contributed by atoms with E-state index in [0.29, 0.717) is 16.1 Å². The molecule has 0 unspecified atom stereocenters. The van der Waals surface area contributed by atoms with E-state index in [1.807, 2.05) is 0 Å². The molecule has 98 valence electrons. The minimum absolute atomic E-state index is 0.109. The second kappa shape index (κ2) is 5.71. The Kier molecular flexibility index (Phi) is 4.01. The molecule has 0 aliphatic carbocycles. The van der Waals surface area contributed by atoms with Crippen LogP contribution in [0.25, 0.3) is 0 Å². The maximum atomic E-state index is 11.7. The van der Waals surface area contributed by atoms with E-state index in [9.17, 15) is 9.59 Å². The van der Waals surface area contributed by atoms with Gasteiger partial charge in [-0.05, 0) is 52.3 Å². The number of hydrogen-bond acceptors (Lipinski definition) is 4. The number of halogens is 1. The van der Waals surface area contributed by atoms with Crippen molar-refractivity contribution >= 4 is 33.5 Å². The van der Waals surface area contributed by atoms with E-state index >= 15 is 0 Å². The van der Waals surface area contributed by atoms with Crippen molar-refractivity contribution in [2.75, 3.05) is 5.32 Å². The highest BCUT2D eigenvalue weighted by Gasteiger charge is 2.12. The Hall–Kier alpha value is -2.08. The standard InChI is InChI=1S/C13H10BrNO4/c1-8(16)15-9-2-4-10(5-3-9)18-13(17)11-6-7-12(14)19-11/h2-7H,1H3,(H,15,16). The van der Waals surface area contributed by atoms with Crippen molar-refractivity contribution in [2.24, 2.45) is 0 Å². The van der Waals surface area contributed by atoms with Crippen LogP contribution in [0.5, 0.6) is 5.75 Å². The van der Waals surface area contributed by atoms with Crippen LogP contribution in [0.1, 0.15) is 17.5 Å². The van der Waals surface area contributed by atoms with Crippen molar-refractivity contribution in [2.45, 2.75) is 6.92 Å². The Morgan fingerprint density at radius 2 is 1.84 bits per heavy atom. The maximum absolute atomic E-state index is 11.7. The van der Waals surface area contributed by atoms with Crippen LogP contribution in [0, 0.1) is 0 Å². The number of hydrogen-bond donors (Lipinski definition) is 1. The van der Waals surface area contributed by atoms with Gasteiger partial charge in [0.25, 0.3) is 0 Å². The highest BCUT2D eigenvalue weighted by Crippen LogP contribution is 2.19. The molecule has 6 heteroatoms. The fourth-order valence-electron chi connectivity index (χ4n) is 1.39. The fraction of sp³-hybridized carbons (Fsp3) is 0.0769. The normalized spacial score (nSPS) is 10.0. The molecule has 0 aliphatic rings. The van der Waals surface area contributed by atoms with E-state index < -0.39 is 5.97 Å². The zero-order chi connectivity index (χ0) is 13.8. The van der Waals surface area contributed by atoms with Gasteiger partial charge in [0.1, 0.15) is 5.75 Å². The third-order valence-corrected chi connectivity index (χ3v) is 2.59. The lowest BCUT2D eigenvalue weighted by Gasteiger charge is -2.04. The van der Waals surface area contributed by atoms with E-state index in [0.717, 1.165) is 0 Å². The van der Waals surface area contributed by atoms with E-state index in [1.54, 1.807) is 30.3 Å². The summed E-state index contributed by atoms with van der Waals surface area (Å²) in [5.41, 5.74) is 0.632. The first-order valence-corrected chi connectivity index (χ1v) is 6.19. The molecule has 0 radical (unpaired) electrons. The number of carbonyl (C=O) groups excluding carboxylic acids is 2. The second-order valence-electron chi connectivity index (χ2n) is 3.70. The van der Waals surface area contributed by atoms with Gasteiger partial charge in [0.05, 0.1) is 0 Å². The van der Waals surface area contributed by atoms with Crippen LogP contribution >= 0.6 is 15.9 Å². The molecule has 2 aromatic rings. The molecule has 0 saturated carbocycles. The smallest absolute Gasteiger partial charge is 0.379 e. The molecule has 1 heterocycles. The lowest BCUT2D eigenvalue weighted by Crippen LogP contribution is -2.08. The van der Waals surface area contributed by atoms with Gasteiger partial charge < -0.3 is 14.5 Å².